The van der Waals surface area contributed by atoms with Crippen molar-refractivity contribution in [1.82, 2.24) is 10.6 Å². The number of nitrogens with zero attached hydrogens (tertiary/aromatic N) is 1. The van der Waals surface area contributed by atoms with E-state index in [4.69, 9.17) is 18.9 Å². The normalized spacial score (nSPS) is 16.6. The molecule has 6 nitrogen and oxygen atoms in total. The topological polar surface area (TPSA) is 68.0 Å². The van der Waals surface area contributed by atoms with E-state index >= 15 is 0 Å². The quantitative estimate of drug-likeness (QED) is 0.384. The van der Waals surface area contributed by atoms with Crippen LogP contribution in [0.25, 0.3) is 0 Å². The number of benzene rings is 1. The van der Waals surface area contributed by atoms with Gasteiger partial charge in [0.1, 0.15) is 17.6 Å². The Kier molecular flexibility index (Phi) is 7.76. The molecular formula is C23H31N3O3. The number of hydrogen-bond donors (Lipinski definition) is 2. The summed E-state index contributed by atoms with van der Waals surface area (Å²) < 4.78 is 17.0. The van der Waals surface area contributed by atoms with E-state index in [1.165, 1.54) is 5.56 Å². The molecule has 1 aliphatic heterocycles. The lowest BCUT2D eigenvalue weighted by atomic mass is 10.1. The lowest BCUT2D eigenvalue weighted by Crippen LogP contribution is -2.39. The highest BCUT2D eigenvalue weighted by Crippen LogP contribution is 2.24. The fourth-order valence-electron chi connectivity index (χ4n) is 3.02. The molecule has 156 valence electrons. The molecule has 1 atom stereocenters. The van der Waals surface area contributed by atoms with Gasteiger partial charge in [-0.3, -0.25) is 0 Å². The first kappa shape index (κ1) is 21.0. The summed E-state index contributed by atoms with van der Waals surface area (Å²) in [5.74, 6) is 2.58. The van der Waals surface area contributed by atoms with Crippen molar-refractivity contribution in [2.75, 3.05) is 26.3 Å². The number of aryl methyl sites for hydroxylation is 1. The van der Waals surface area contributed by atoms with Crippen LogP contribution in [0.4, 0.5) is 0 Å². The van der Waals surface area contributed by atoms with Gasteiger partial charge >= 0.3 is 0 Å². The number of guanidine groups is 1. The summed E-state index contributed by atoms with van der Waals surface area (Å²) in [5, 5.41) is 6.69. The highest BCUT2D eigenvalue weighted by atomic mass is 16.5. The number of rotatable bonds is 9. The van der Waals surface area contributed by atoms with Gasteiger partial charge in [0.05, 0.1) is 26.0 Å². The lowest BCUT2D eigenvalue weighted by molar-refractivity contribution is 0.140. The Morgan fingerprint density at radius 2 is 2.21 bits per heavy atom. The number of ether oxygens (including phenoxy) is 2. The predicted molar refractivity (Wildman–Crippen MR) is 115 cm³/mol. The largest absolute Gasteiger partial charge is 0.488 e. The fraction of sp³-hybridized carbons (Fsp3) is 0.435. The maximum atomic E-state index is 6.19. The van der Waals surface area contributed by atoms with Gasteiger partial charge in [-0.2, -0.15) is 0 Å². The van der Waals surface area contributed by atoms with E-state index < -0.39 is 0 Å². The molecule has 0 bridgehead atoms. The van der Waals surface area contributed by atoms with Crippen LogP contribution in [0.15, 0.2) is 58.2 Å². The molecule has 0 amide bonds. The minimum atomic E-state index is 0.118. The van der Waals surface area contributed by atoms with Crippen LogP contribution in [0.2, 0.25) is 0 Å². The van der Waals surface area contributed by atoms with Crippen molar-refractivity contribution in [1.29, 1.82) is 0 Å². The zero-order valence-electron chi connectivity index (χ0n) is 17.4. The third-order valence-corrected chi connectivity index (χ3v) is 4.61. The molecule has 2 aromatic rings. The van der Waals surface area contributed by atoms with E-state index in [1.807, 2.05) is 19.1 Å². The van der Waals surface area contributed by atoms with Crippen LogP contribution in [-0.2, 0) is 17.7 Å². The van der Waals surface area contributed by atoms with E-state index in [-0.39, 0.29) is 6.10 Å². The van der Waals surface area contributed by atoms with E-state index in [0.29, 0.717) is 19.7 Å². The molecule has 1 unspecified atom stereocenters. The minimum Gasteiger partial charge on any atom is -0.488 e. The molecule has 0 radical (unpaired) electrons. The zero-order valence-corrected chi connectivity index (χ0v) is 17.4. The van der Waals surface area contributed by atoms with Gasteiger partial charge in [0, 0.05) is 31.5 Å². The SMILES string of the molecule is C=C(C)CNC(=NCc1ccc(C)cc1OC1CCOC1)NCCc1ccco1. The maximum Gasteiger partial charge on any atom is 0.191 e. The first-order valence-corrected chi connectivity index (χ1v) is 10.1. The monoisotopic (exact) mass is 397 g/mol. The molecule has 6 heteroatoms. The zero-order chi connectivity index (χ0) is 20.5. The van der Waals surface area contributed by atoms with Gasteiger partial charge in [-0.05, 0) is 37.6 Å². The predicted octanol–water partition coefficient (Wildman–Crippen LogP) is 3.61. The average molecular weight is 398 g/mol. The van der Waals surface area contributed by atoms with Crippen LogP contribution in [0.3, 0.4) is 0 Å². The Hall–Kier alpha value is -2.73. The van der Waals surface area contributed by atoms with Crippen molar-refractivity contribution < 1.29 is 13.9 Å². The number of nitrogens with one attached hydrogen (secondary N) is 2. The average Bonchev–Trinajstić information content (AvgIpc) is 3.39. The second kappa shape index (κ2) is 10.7. The van der Waals surface area contributed by atoms with Gasteiger partial charge in [-0.25, -0.2) is 4.99 Å². The molecule has 1 aliphatic rings. The lowest BCUT2D eigenvalue weighted by Gasteiger charge is -2.16. The van der Waals surface area contributed by atoms with E-state index in [9.17, 15) is 0 Å². The Labute approximate surface area is 173 Å². The fourth-order valence-corrected chi connectivity index (χ4v) is 3.02. The van der Waals surface area contributed by atoms with E-state index in [1.54, 1.807) is 6.26 Å². The Morgan fingerprint density at radius 3 is 2.93 bits per heavy atom. The summed E-state index contributed by atoms with van der Waals surface area (Å²) in [5.41, 5.74) is 3.28. The number of aliphatic imine (C=N–C) groups is 1. The van der Waals surface area contributed by atoms with Gasteiger partial charge in [0.2, 0.25) is 0 Å². The molecule has 2 N–H and O–H groups in total. The van der Waals surface area contributed by atoms with Crippen LogP contribution in [0.5, 0.6) is 5.75 Å². The van der Waals surface area contributed by atoms with Crippen LogP contribution < -0.4 is 15.4 Å². The molecule has 1 aromatic carbocycles. The molecule has 0 aliphatic carbocycles. The van der Waals surface area contributed by atoms with Crippen molar-refractivity contribution >= 4 is 5.96 Å². The Balaban J connectivity index is 1.65. The summed E-state index contributed by atoms with van der Waals surface area (Å²) in [6, 6.07) is 10.1. The highest BCUT2D eigenvalue weighted by molar-refractivity contribution is 5.80. The molecule has 29 heavy (non-hydrogen) atoms. The van der Waals surface area contributed by atoms with Gasteiger partial charge < -0.3 is 24.5 Å². The van der Waals surface area contributed by atoms with Crippen LogP contribution in [0, 0.1) is 6.92 Å². The Bertz CT molecular complexity index is 809. The third kappa shape index (κ3) is 6.98. The molecule has 1 fully saturated rings. The molecule has 1 aromatic heterocycles. The van der Waals surface area contributed by atoms with Gasteiger partial charge in [0.25, 0.3) is 0 Å². The maximum absolute atomic E-state index is 6.19. The van der Waals surface area contributed by atoms with Crippen LogP contribution in [0.1, 0.15) is 30.2 Å². The van der Waals surface area contributed by atoms with Crippen molar-refractivity contribution in [3.05, 3.63) is 65.6 Å². The van der Waals surface area contributed by atoms with Crippen LogP contribution in [-0.4, -0.2) is 38.4 Å². The second-order valence-corrected chi connectivity index (χ2v) is 7.45. The van der Waals surface area contributed by atoms with Gasteiger partial charge in [-0.1, -0.05) is 24.3 Å². The summed E-state index contributed by atoms with van der Waals surface area (Å²) >= 11 is 0. The highest BCUT2D eigenvalue weighted by Gasteiger charge is 2.18. The standard InChI is InChI=1S/C23H31N3O3/c1-17(2)14-25-23(24-10-8-20-5-4-11-28-20)26-15-19-7-6-18(3)13-22(19)29-21-9-12-27-16-21/h4-7,11,13,21H,1,8-10,12,14-16H2,2-3H3,(H2,24,25,26). The first-order valence-electron chi connectivity index (χ1n) is 10.1. The number of hydrogen-bond acceptors (Lipinski definition) is 4. The summed E-state index contributed by atoms with van der Waals surface area (Å²) in [6.45, 7) is 11.3. The molecule has 0 spiro atoms. The van der Waals surface area contributed by atoms with Crippen molar-refractivity contribution in [3.8, 4) is 5.75 Å². The smallest absolute Gasteiger partial charge is 0.191 e. The minimum absolute atomic E-state index is 0.118. The summed E-state index contributed by atoms with van der Waals surface area (Å²) in [6.07, 6.45) is 3.53. The molecule has 1 saturated heterocycles. The van der Waals surface area contributed by atoms with Crippen LogP contribution >= 0.6 is 0 Å². The van der Waals surface area contributed by atoms with Crippen molar-refractivity contribution in [2.24, 2.45) is 4.99 Å². The molecule has 0 saturated carbocycles. The molecule has 2 heterocycles. The van der Waals surface area contributed by atoms with Gasteiger partial charge in [-0.15, -0.1) is 0 Å². The van der Waals surface area contributed by atoms with E-state index in [2.05, 4.69) is 42.3 Å². The first-order chi connectivity index (χ1) is 14.1. The Morgan fingerprint density at radius 1 is 1.31 bits per heavy atom. The van der Waals surface area contributed by atoms with E-state index in [0.717, 1.165) is 54.6 Å². The third-order valence-electron chi connectivity index (χ3n) is 4.61. The second-order valence-electron chi connectivity index (χ2n) is 7.45. The van der Waals surface area contributed by atoms with Crippen molar-refractivity contribution in [3.63, 3.8) is 0 Å². The van der Waals surface area contributed by atoms with Crippen molar-refractivity contribution in [2.45, 2.75) is 39.3 Å². The summed E-state index contributed by atoms with van der Waals surface area (Å²) in [7, 11) is 0. The molecular weight excluding hydrogens is 366 g/mol. The number of furan rings is 1. The molecule has 3 rings (SSSR count). The van der Waals surface area contributed by atoms with Gasteiger partial charge in [0.15, 0.2) is 5.96 Å². The summed E-state index contributed by atoms with van der Waals surface area (Å²) in [4.78, 5) is 4.76.